The topological polar surface area (TPSA) is 66.4 Å². The van der Waals surface area contributed by atoms with Gasteiger partial charge >= 0.3 is 0 Å². The summed E-state index contributed by atoms with van der Waals surface area (Å²) >= 11 is 6.38. The van der Waals surface area contributed by atoms with Crippen molar-refractivity contribution in [3.8, 4) is 0 Å². The number of hydrogen-bond acceptors (Lipinski definition) is 3. The Morgan fingerprint density at radius 2 is 2.06 bits per heavy atom. The van der Waals surface area contributed by atoms with Crippen molar-refractivity contribution in [2.24, 2.45) is 0 Å². The van der Waals surface area contributed by atoms with Crippen LogP contribution in [0.25, 0.3) is 0 Å². The molecule has 0 spiro atoms. The van der Waals surface area contributed by atoms with Crippen LogP contribution in [0.3, 0.4) is 0 Å². The molecule has 0 aliphatic rings. The standard InChI is InChI=1S/C9H11Br2NO3S/c1-6(13)5-12-16(14,15)9-4-7(10)2-3-8(9)11/h2-4,6,12-13H,5H2,1H3. The predicted octanol–water partition coefficient (Wildman–Crippen LogP) is 1.87. The zero-order valence-electron chi connectivity index (χ0n) is 8.44. The molecule has 0 fully saturated rings. The molecular formula is C9H11Br2NO3S. The van der Waals surface area contributed by atoms with Crippen molar-refractivity contribution >= 4 is 41.9 Å². The second-order valence-electron chi connectivity index (χ2n) is 3.28. The number of halogens is 2. The zero-order chi connectivity index (χ0) is 12.3. The van der Waals surface area contributed by atoms with E-state index in [0.717, 1.165) is 0 Å². The molecule has 0 aliphatic heterocycles. The molecule has 1 unspecified atom stereocenters. The smallest absolute Gasteiger partial charge is 0.241 e. The van der Waals surface area contributed by atoms with Gasteiger partial charge in [0.05, 0.1) is 11.0 Å². The molecule has 0 aliphatic carbocycles. The Balaban J connectivity index is 3.02. The van der Waals surface area contributed by atoms with Crippen LogP contribution in [0.4, 0.5) is 0 Å². The molecule has 0 radical (unpaired) electrons. The van der Waals surface area contributed by atoms with E-state index >= 15 is 0 Å². The summed E-state index contributed by atoms with van der Waals surface area (Å²) in [5, 5.41) is 9.04. The summed E-state index contributed by atoms with van der Waals surface area (Å²) in [6, 6.07) is 4.87. The van der Waals surface area contributed by atoms with E-state index in [1.165, 1.54) is 13.0 Å². The third kappa shape index (κ3) is 3.81. The third-order valence-corrected chi connectivity index (χ3v) is 4.66. The number of aliphatic hydroxyl groups is 1. The molecule has 1 aromatic rings. The lowest BCUT2D eigenvalue weighted by atomic mass is 10.4. The van der Waals surface area contributed by atoms with E-state index < -0.39 is 16.1 Å². The molecule has 4 nitrogen and oxygen atoms in total. The van der Waals surface area contributed by atoms with Crippen LogP contribution < -0.4 is 4.72 Å². The number of sulfonamides is 1. The number of benzene rings is 1. The van der Waals surface area contributed by atoms with Crippen molar-refractivity contribution < 1.29 is 13.5 Å². The Bertz CT molecular complexity index is 474. The van der Waals surface area contributed by atoms with E-state index in [9.17, 15) is 8.42 Å². The van der Waals surface area contributed by atoms with Crippen LogP contribution in [-0.4, -0.2) is 26.2 Å². The van der Waals surface area contributed by atoms with Crippen LogP contribution in [-0.2, 0) is 10.0 Å². The lowest BCUT2D eigenvalue weighted by Crippen LogP contribution is -2.30. The number of nitrogens with one attached hydrogen (secondary N) is 1. The van der Waals surface area contributed by atoms with Gasteiger partial charge in [0.25, 0.3) is 0 Å². The minimum absolute atomic E-state index is 0.0126. The molecular weight excluding hydrogens is 362 g/mol. The van der Waals surface area contributed by atoms with Gasteiger partial charge in [-0.2, -0.15) is 0 Å². The highest BCUT2D eigenvalue weighted by Gasteiger charge is 2.18. The molecule has 90 valence electrons. The SMILES string of the molecule is CC(O)CNS(=O)(=O)c1cc(Br)ccc1Br. The summed E-state index contributed by atoms with van der Waals surface area (Å²) in [5.74, 6) is 0. The van der Waals surface area contributed by atoms with Gasteiger partial charge in [0, 0.05) is 15.5 Å². The lowest BCUT2D eigenvalue weighted by Gasteiger charge is -2.10. The van der Waals surface area contributed by atoms with Crippen LogP contribution in [0.1, 0.15) is 6.92 Å². The fourth-order valence-electron chi connectivity index (χ4n) is 0.991. The van der Waals surface area contributed by atoms with Gasteiger partial charge in [0.2, 0.25) is 10.0 Å². The molecule has 0 saturated heterocycles. The maximum atomic E-state index is 11.8. The van der Waals surface area contributed by atoms with Crippen molar-refractivity contribution in [3.05, 3.63) is 27.1 Å². The van der Waals surface area contributed by atoms with Gasteiger partial charge in [-0.3, -0.25) is 0 Å². The first kappa shape index (κ1) is 14.1. The van der Waals surface area contributed by atoms with Crippen molar-refractivity contribution in [1.29, 1.82) is 0 Å². The second kappa shape index (κ2) is 5.59. The minimum Gasteiger partial charge on any atom is -0.392 e. The Morgan fingerprint density at radius 1 is 1.44 bits per heavy atom. The molecule has 0 aromatic heterocycles. The van der Waals surface area contributed by atoms with Crippen LogP contribution >= 0.6 is 31.9 Å². The van der Waals surface area contributed by atoms with Crippen molar-refractivity contribution in [2.45, 2.75) is 17.9 Å². The van der Waals surface area contributed by atoms with Crippen LogP contribution in [0.5, 0.6) is 0 Å². The molecule has 16 heavy (non-hydrogen) atoms. The Kier molecular flexibility index (Phi) is 4.93. The van der Waals surface area contributed by atoms with E-state index in [2.05, 4.69) is 36.6 Å². The van der Waals surface area contributed by atoms with Crippen LogP contribution in [0, 0.1) is 0 Å². The van der Waals surface area contributed by atoms with E-state index in [1.807, 2.05) is 0 Å². The molecule has 0 heterocycles. The van der Waals surface area contributed by atoms with E-state index in [1.54, 1.807) is 12.1 Å². The average molecular weight is 373 g/mol. The van der Waals surface area contributed by atoms with Gasteiger partial charge in [-0.15, -0.1) is 0 Å². The van der Waals surface area contributed by atoms with Crippen LogP contribution in [0.2, 0.25) is 0 Å². The minimum atomic E-state index is -3.60. The lowest BCUT2D eigenvalue weighted by molar-refractivity contribution is 0.198. The summed E-state index contributed by atoms with van der Waals surface area (Å²) in [5.41, 5.74) is 0. The van der Waals surface area contributed by atoms with E-state index in [4.69, 9.17) is 5.11 Å². The summed E-state index contributed by atoms with van der Waals surface area (Å²) in [6.07, 6.45) is -0.722. The fourth-order valence-corrected chi connectivity index (χ4v) is 3.61. The highest BCUT2D eigenvalue weighted by atomic mass is 79.9. The maximum Gasteiger partial charge on any atom is 0.241 e. The zero-order valence-corrected chi connectivity index (χ0v) is 12.4. The van der Waals surface area contributed by atoms with Crippen LogP contribution in [0.15, 0.2) is 32.0 Å². The normalized spacial score (nSPS) is 13.8. The van der Waals surface area contributed by atoms with E-state index in [-0.39, 0.29) is 11.4 Å². The quantitative estimate of drug-likeness (QED) is 0.847. The molecule has 7 heteroatoms. The van der Waals surface area contributed by atoms with Gasteiger partial charge < -0.3 is 5.11 Å². The summed E-state index contributed by atoms with van der Waals surface area (Å²) in [6.45, 7) is 1.50. The molecule has 1 atom stereocenters. The molecule has 0 amide bonds. The highest BCUT2D eigenvalue weighted by Crippen LogP contribution is 2.25. The van der Waals surface area contributed by atoms with Gasteiger partial charge in [-0.1, -0.05) is 15.9 Å². The van der Waals surface area contributed by atoms with Crippen molar-refractivity contribution in [3.63, 3.8) is 0 Å². The molecule has 1 rings (SSSR count). The van der Waals surface area contributed by atoms with Crippen molar-refractivity contribution in [1.82, 2.24) is 4.72 Å². The van der Waals surface area contributed by atoms with Crippen molar-refractivity contribution in [2.75, 3.05) is 6.54 Å². The van der Waals surface area contributed by atoms with E-state index in [0.29, 0.717) is 8.95 Å². The largest absolute Gasteiger partial charge is 0.392 e. The van der Waals surface area contributed by atoms with Gasteiger partial charge in [0.1, 0.15) is 0 Å². The van der Waals surface area contributed by atoms with Gasteiger partial charge in [-0.05, 0) is 41.1 Å². The molecule has 0 saturated carbocycles. The number of hydrogen-bond donors (Lipinski definition) is 2. The highest BCUT2D eigenvalue weighted by molar-refractivity contribution is 9.11. The molecule has 1 aromatic carbocycles. The molecule has 2 N–H and O–H groups in total. The fraction of sp³-hybridized carbons (Fsp3) is 0.333. The molecule has 0 bridgehead atoms. The van der Waals surface area contributed by atoms with Gasteiger partial charge in [-0.25, -0.2) is 13.1 Å². The predicted molar refractivity (Wildman–Crippen MR) is 68.7 cm³/mol. The first-order chi connectivity index (χ1) is 7.33. The van der Waals surface area contributed by atoms with Gasteiger partial charge in [0.15, 0.2) is 0 Å². The summed E-state index contributed by atoms with van der Waals surface area (Å²) in [7, 11) is -3.60. The first-order valence-electron chi connectivity index (χ1n) is 4.45. The maximum absolute atomic E-state index is 11.8. The number of rotatable bonds is 4. The third-order valence-electron chi connectivity index (χ3n) is 1.75. The second-order valence-corrected chi connectivity index (χ2v) is 6.78. The summed E-state index contributed by atoms with van der Waals surface area (Å²) in [4.78, 5) is 0.141. The monoisotopic (exact) mass is 371 g/mol. The average Bonchev–Trinajstić information content (AvgIpc) is 2.19. The number of aliphatic hydroxyl groups excluding tert-OH is 1. The Labute approximate surface area is 111 Å². The Morgan fingerprint density at radius 3 is 2.62 bits per heavy atom. The summed E-state index contributed by atoms with van der Waals surface area (Å²) < 4.78 is 27.1. The Hall–Kier alpha value is 0.0500. The first-order valence-corrected chi connectivity index (χ1v) is 7.52.